The number of nitrogens with one attached hydrogen (secondary N) is 1. The number of carbonyl (C=O) groups excluding carboxylic acids is 1. The fourth-order valence-electron chi connectivity index (χ4n) is 2.23. The lowest BCUT2D eigenvalue weighted by molar-refractivity contribution is 0.0737. The average Bonchev–Trinajstić information content (AvgIpc) is 2.65. The molecule has 94 valence electrons. The van der Waals surface area contributed by atoms with Gasteiger partial charge in [-0.1, -0.05) is 18.2 Å². The van der Waals surface area contributed by atoms with Gasteiger partial charge in [0.2, 0.25) is 0 Å². The highest BCUT2D eigenvalue weighted by atomic mass is 16.5. The predicted octanol–water partition coefficient (Wildman–Crippen LogP) is 1.43. The highest BCUT2D eigenvalue weighted by molar-refractivity contribution is 6.04. The Morgan fingerprint density at radius 1 is 1.28 bits per heavy atom. The number of ether oxygens (including phenoxy) is 1. The fourth-order valence-corrected chi connectivity index (χ4v) is 2.23. The van der Waals surface area contributed by atoms with Gasteiger partial charge in [-0.05, 0) is 12.5 Å². The van der Waals surface area contributed by atoms with Gasteiger partial charge in [0.15, 0.2) is 5.69 Å². The Morgan fingerprint density at radius 2 is 2.17 bits per heavy atom. The van der Waals surface area contributed by atoms with Crippen molar-refractivity contribution in [3.05, 3.63) is 30.0 Å². The molecule has 1 N–H and O–H groups in total. The number of carbonyl (C=O) groups is 1. The summed E-state index contributed by atoms with van der Waals surface area (Å²) in [6, 6.07) is 7.68. The molecule has 5 heteroatoms. The third-order valence-electron chi connectivity index (χ3n) is 3.18. The second-order valence-corrected chi connectivity index (χ2v) is 4.38. The summed E-state index contributed by atoms with van der Waals surface area (Å²) in [6.45, 7) is 2.71. The number of aromatic nitrogens is 2. The molecule has 1 aliphatic rings. The molecule has 3 rings (SSSR count). The molecule has 0 atom stereocenters. The second kappa shape index (κ2) is 4.78. The molecular weight excluding hydrogens is 230 g/mol. The van der Waals surface area contributed by atoms with Crippen molar-refractivity contribution in [3.63, 3.8) is 0 Å². The first-order chi connectivity index (χ1) is 8.86. The number of rotatable bonds is 1. The van der Waals surface area contributed by atoms with E-state index >= 15 is 0 Å². The van der Waals surface area contributed by atoms with Gasteiger partial charge in [-0.2, -0.15) is 5.10 Å². The number of para-hydroxylation sites is 1. The molecule has 1 amide bonds. The Bertz CT molecular complexity index is 556. The number of hydrogen-bond donors (Lipinski definition) is 1. The summed E-state index contributed by atoms with van der Waals surface area (Å²) >= 11 is 0. The molecule has 5 nitrogen and oxygen atoms in total. The van der Waals surface area contributed by atoms with Crippen molar-refractivity contribution in [1.82, 2.24) is 15.1 Å². The summed E-state index contributed by atoms with van der Waals surface area (Å²) < 4.78 is 5.36. The second-order valence-electron chi connectivity index (χ2n) is 4.38. The van der Waals surface area contributed by atoms with E-state index in [0.29, 0.717) is 18.8 Å². The molecule has 2 heterocycles. The minimum atomic E-state index is -0.0158. The van der Waals surface area contributed by atoms with E-state index in [1.165, 1.54) is 0 Å². The lowest BCUT2D eigenvalue weighted by Gasteiger charge is -2.18. The van der Waals surface area contributed by atoms with E-state index in [0.717, 1.165) is 30.5 Å². The summed E-state index contributed by atoms with van der Waals surface area (Å²) in [7, 11) is 0. The lowest BCUT2D eigenvalue weighted by atomic mass is 10.2. The number of fused-ring (bicyclic) bond motifs is 1. The van der Waals surface area contributed by atoms with Crippen LogP contribution in [0.2, 0.25) is 0 Å². The zero-order valence-electron chi connectivity index (χ0n) is 10.1. The molecule has 18 heavy (non-hydrogen) atoms. The first-order valence-electron chi connectivity index (χ1n) is 6.16. The van der Waals surface area contributed by atoms with Gasteiger partial charge in [0.25, 0.3) is 5.91 Å². The quantitative estimate of drug-likeness (QED) is 0.826. The van der Waals surface area contributed by atoms with Crippen LogP contribution in [0.15, 0.2) is 24.3 Å². The summed E-state index contributed by atoms with van der Waals surface area (Å²) in [5, 5.41) is 7.92. The molecule has 0 bridgehead atoms. The van der Waals surface area contributed by atoms with Crippen LogP contribution in [0.3, 0.4) is 0 Å². The van der Waals surface area contributed by atoms with Crippen LogP contribution in [0.25, 0.3) is 10.9 Å². The number of aromatic amines is 1. The van der Waals surface area contributed by atoms with Crippen LogP contribution in [0.5, 0.6) is 0 Å². The van der Waals surface area contributed by atoms with Crippen LogP contribution < -0.4 is 0 Å². The minimum absolute atomic E-state index is 0.0158. The van der Waals surface area contributed by atoms with Crippen molar-refractivity contribution in [2.75, 3.05) is 26.3 Å². The topological polar surface area (TPSA) is 58.2 Å². The highest BCUT2D eigenvalue weighted by Gasteiger charge is 2.21. The van der Waals surface area contributed by atoms with E-state index in [-0.39, 0.29) is 5.91 Å². The average molecular weight is 245 g/mol. The normalized spacial score (nSPS) is 16.8. The third-order valence-corrected chi connectivity index (χ3v) is 3.18. The SMILES string of the molecule is O=C(c1n[nH]c2ccccc12)N1CCCOCC1. The van der Waals surface area contributed by atoms with Gasteiger partial charge in [0, 0.05) is 25.1 Å². The molecular formula is C13H15N3O2. The van der Waals surface area contributed by atoms with Gasteiger partial charge >= 0.3 is 0 Å². The molecule has 0 radical (unpaired) electrons. The van der Waals surface area contributed by atoms with Crippen LogP contribution in [-0.2, 0) is 4.74 Å². The Hall–Kier alpha value is -1.88. The van der Waals surface area contributed by atoms with Crippen molar-refractivity contribution < 1.29 is 9.53 Å². The smallest absolute Gasteiger partial charge is 0.275 e. The number of nitrogens with zero attached hydrogens (tertiary/aromatic N) is 2. The molecule has 0 saturated carbocycles. The van der Waals surface area contributed by atoms with E-state index < -0.39 is 0 Å². The van der Waals surface area contributed by atoms with Crippen LogP contribution in [0.1, 0.15) is 16.9 Å². The fraction of sp³-hybridized carbons (Fsp3) is 0.385. The maximum absolute atomic E-state index is 12.4. The summed E-state index contributed by atoms with van der Waals surface area (Å²) in [5.74, 6) is -0.0158. The van der Waals surface area contributed by atoms with E-state index in [2.05, 4.69) is 10.2 Å². The zero-order chi connectivity index (χ0) is 12.4. The predicted molar refractivity (Wildman–Crippen MR) is 67.4 cm³/mol. The molecule has 0 spiro atoms. The van der Waals surface area contributed by atoms with E-state index in [4.69, 9.17) is 4.74 Å². The molecule has 1 saturated heterocycles. The molecule has 1 aromatic heterocycles. The monoisotopic (exact) mass is 245 g/mol. The summed E-state index contributed by atoms with van der Waals surface area (Å²) in [5.41, 5.74) is 1.40. The maximum atomic E-state index is 12.4. The number of H-pyrrole nitrogens is 1. The summed E-state index contributed by atoms with van der Waals surface area (Å²) in [4.78, 5) is 14.2. The number of hydrogen-bond acceptors (Lipinski definition) is 3. The van der Waals surface area contributed by atoms with Gasteiger partial charge in [0.05, 0.1) is 12.1 Å². The molecule has 1 aliphatic heterocycles. The molecule has 2 aromatic rings. The Balaban J connectivity index is 1.91. The summed E-state index contributed by atoms with van der Waals surface area (Å²) in [6.07, 6.45) is 0.883. The van der Waals surface area contributed by atoms with Crippen LogP contribution in [-0.4, -0.2) is 47.3 Å². The van der Waals surface area contributed by atoms with Gasteiger partial charge in [0.1, 0.15) is 0 Å². The largest absolute Gasteiger partial charge is 0.380 e. The Kier molecular flexibility index (Phi) is 2.98. The standard InChI is InChI=1S/C13H15N3O2/c17-13(16-6-3-8-18-9-7-16)12-10-4-1-2-5-11(10)14-15-12/h1-2,4-5H,3,6-9H2,(H,14,15). The van der Waals surface area contributed by atoms with Crippen molar-refractivity contribution >= 4 is 16.8 Å². The maximum Gasteiger partial charge on any atom is 0.275 e. The van der Waals surface area contributed by atoms with Gasteiger partial charge in [-0.25, -0.2) is 0 Å². The molecule has 0 unspecified atom stereocenters. The molecule has 1 aromatic carbocycles. The number of benzene rings is 1. The Labute approximate surface area is 105 Å². The molecule has 0 aliphatic carbocycles. The van der Waals surface area contributed by atoms with E-state index in [1.54, 1.807) is 0 Å². The van der Waals surface area contributed by atoms with Gasteiger partial charge in [-0.15, -0.1) is 0 Å². The third kappa shape index (κ3) is 1.97. The van der Waals surface area contributed by atoms with E-state index in [9.17, 15) is 4.79 Å². The lowest BCUT2D eigenvalue weighted by Crippen LogP contribution is -2.33. The number of amides is 1. The van der Waals surface area contributed by atoms with Crippen LogP contribution in [0, 0.1) is 0 Å². The Morgan fingerprint density at radius 3 is 3.11 bits per heavy atom. The van der Waals surface area contributed by atoms with Crippen molar-refractivity contribution in [3.8, 4) is 0 Å². The first-order valence-corrected chi connectivity index (χ1v) is 6.16. The van der Waals surface area contributed by atoms with Crippen molar-refractivity contribution in [1.29, 1.82) is 0 Å². The van der Waals surface area contributed by atoms with Gasteiger partial charge in [-0.3, -0.25) is 9.89 Å². The van der Waals surface area contributed by atoms with Crippen molar-refractivity contribution in [2.45, 2.75) is 6.42 Å². The minimum Gasteiger partial charge on any atom is -0.380 e. The first kappa shape index (κ1) is 11.2. The zero-order valence-corrected chi connectivity index (χ0v) is 10.1. The van der Waals surface area contributed by atoms with E-state index in [1.807, 2.05) is 29.2 Å². The highest BCUT2D eigenvalue weighted by Crippen LogP contribution is 2.17. The molecule has 1 fully saturated rings. The van der Waals surface area contributed by atoms with Crippen molar-refractivity contribution in [2.24, 2.45) is 0 Å². The van der Waals surface area contributed by atoms with Gasteiger partial charge < -0.3 is 9.64 Å². The van der Waals surface area contributed by atoms with Crippen LogP contribution in [0.4, 0.5) is 0 Å². The van der Waals surface area contributed by atoms with Crippen LogP contribution >= 0.6 is 0 Å².